The highest BCUT2D eigenvalue weighted by Crippen LogP contribution is 2.59. The minimum Gasteiger partial charge on any atom is -0.454 e. The second-order valence-corrected chi connectivity index (χ2v) is 16.7. The van der Waals surface area contributed by atoms with Gasteiger partial charge in [0.15, 0.2) is 11.2 Å². The highest BCUT2D eigenvalue weighted by molar-refractivity contribution is 6.23. The molecule has 0 spiro atoms. The maximum atomic E-state index is 7.20. The summed E-state index contributed by atoms with van der Waals surface area (Å²) in [4.78, 5) is 7.49. The lowest BCUT2D eigenvalue weighted by molar-refractivity contribution is 0.620. The summed E-state index contributed by atoms with van der Waals surface area (Å²) in [5.41, 5.74) is 17.4. The number of anilines is 3. The van der Waals surface area contributed by atoms with E-state index in [4.69, 9.17) is 13.8 Å². The predicted octanol–water partition coefficient (Wildman–Crippen LogP) is 14.6. The molecule has 0 saturated heterocycles. The monoisotopic (exact) mass is 734 g/mol. The molecule has 2 aliphatic rings. The summed E-state index contributed by atoms with van der Waals surface area (Å²) in [6.07, 6.45) is 0. The van der Waals surface area contributed by atoms with Crippen molar-refractivity contribution in [3.8, 4) is 33.7 Å². The average Bonchev–Trinajstić information content (AvgIpc) is 3.96. The van der Waals surface area contributed by atoms with Crippen LogP contribution in [-0.2, 0) is 10.8 Å². The van der Waals surface area contributed by atoms with E-state index in [0.29, 0.717) is 5.89 Å². The van der Waals surface area contributed by atoms with Crippen LogP contribution in [0.25, 0.3) is 77.5 Å². The molecule has 0 aliphatic heterocycles. The third-order valence-corrected chi connectivity index (χ3v) is 12.9. The number of fused-ring (bicyclic) bond motifs is 11. The van der Waals surface area contributed by atoms with Crippen LogP contribution in [0.2, 0.25) is 0 Å². The number of benzene rings is 8. The summed E-state index contributed by atoms with van der Waals surface area (Å²) in [7, 11) is 0. The number of para-hydroxylation sites is 2. The van der Waals surface area contributed by atoms with Gasteiger partial charge in [-0.05, 0) is 81.2 Å². The lowest BCUT2D eigenvalue weighted by Crippen LogP contribution is -2.17. The molecule has 4 nitrogen and oxygen atoms in total. The summed E-state index contributed by atoms with van der Waals surface area (Å²) in [6.45, 7) is 9.42. The molecule has 57 heavy (non-hydrogen) atoms. The maximum Gasteiger partial charge on any atom is 0.228 e. The van der Waals surface area contributed by atoms with Crippen LogP contribution in [0.1, 0.15) is 49.9 Å². The van der Waals surface area contributed by atoms with Crippen molar-refractivity contribution in [2.45, 2.75) is 38.5 Å². The molecule has 12 rings (SSSR count). The number of aromatic nitrogens is 1. The number of hydrogen-bond donors (Lipinski definition) is 0. The Hall–Kier alpha value is -6.91. The molecule has 10 aromatic rings. The van der Waals surface area contributed by atoms with Gasteiger partial charge in [-0.3, -0.25) is 0 Å². The Bertz CT molecular complexity index is 3180. The summed E-state index contributed by atoms with van der Waals surface area (Å²) in [5, 5.41) is 4.24. The van der Waals surface area contributed by atoms with E-state index >= 15 is 0 Å². The van der Waals surface area contributed by atoms with Gasteiger partial charge in [0.2, 0.25) is 5.89 Å². The quantitative estimate of drug-likeness (QED) is 0.181. The normalized spacial score (nSPS) is 14.6. The molecule has 272 valence electrons. The summed E-state index contributed by atoms with van der Waals surface area (Å²) >= 11 is 0. The van der Waals surface area contributed by atoms with Crippen molar-refractivity contribution < 1.29 is 8.83 Å². The van der Waals surface area contributed by atoms with E-state index in [2.05, 4.69) is 160 Å². The van der Waals surface area contributed by atoms with Crippen LogP contribution in [0.3, 0.4) is 0 Å². The van der Waals surface area contributed by atoms with E-state index in [1.807, 2.05) is 30.3 Å². The van der Waals surface area contributed by atoms with Gasteiger partial charge in [-0.2, -0.15) is 0 Å². The first-order chi connectivity index (χ1) is 27.8. The number of oxazole rings is 1. The highest BCUT2D eigenvalue weighted by Gasteiger charge is 2.41. The molecule has 8 aromatic carbocycles. The molecule has 4 heteroatoms. The predicted molar refractivity (Wildman–Crippen MR) is 234 cm³/mol. The van der Waals surface area contributed by atoms with Gasteiger partial charge in [-0.25, -0.2) is 4.98 Å². The number of nitrogens with zero attached hydrogens (tertiary/aromatic N) is 2. The van der Waals surface area contributed by atoms with E-state index in [1.165, 1.54) is 44.5 Å². The number of furan rings is 1. The first-order valence-corrected chi connectivity index (χ1v) is 19.8. The SMILES string of the molecule is CC1(C)c2ccccc2-c2c(N(c3cccc4c3-c3ccccc3C4(C)C)c3c4ccccc4cc4c3oc3cccc(-c5nc6ccccc6o5)c34)cccc21. The molecule has 0 bridgehead atoms. The Balaban J connectivity index is 1.25. The van der Waals surface area contributed by atoms with E-state index in [-0.39, 0.29) is 10.8 Å². The van der Waals surface area contributed by atoms with E-state index in [0.717, 1.165) is 66.4 Å². The molecular weight excluding hydrogens is 697 g/mol. The molecule has 0 saturated carbocycles. The third-order valence-electron chi connectivity index (χ3n) is 12.9. The standard InChI is InChI=1S/C53H38N2O2/c1-52(2)37-21-9-7-18-33(37)47-39(52)23-14-26-42(47)55(43-27-15-24-40-48(43)34-19-8-10-22-38(34)53(40,3)4)49-32-17-6-5-16-31(32)30-36-46-35(20-13-29-45(46)56-50(36)49)51-54-41-25-11-12-28-44(41)57-51/h5-30H,1-4H3. The van der Waals surface area contributed by atoms with Gasteiger partial charge in [-0.1, -0.05) is 143 Å². The summed E-state index contributed by atoms with van der Waals surface area (Å²) in [5.74, 6) is 0.579. The molecule has 0 radical (unpaired) electrons. The minimum atomic E-state index is -0.178. The van der Waals surface area contributed by atoms with Gasteiger partial charge < -0.3 is 13.7 Å². The van der Waals surface area contributed by atoms with Crippen molar-refractivity contribution in [3.05, 3.63) is 180 Å². The minimum absolute atomic E-state index is 0.178. The molecular formula is C53H38N2O2. The van der Waals surface area contributed by atoms with Crippen LogP contribution in [0, 0.1) is 0 Å². The van der Waals surface area contributed by atoms with Crippen molar-refractivity contribution in [1.29, 1.82) is 0 Å². The van der Waals surface area contributed by atoms with Gasteiger partial charge >= 0.3 is 0 Å². The van der Waals surface area contributed by atoms with E-state index in [1.54, 1.807) is 0 Å². The molecule has 0 fully saturated rings. The van der Waals surface area contributed by atoms with Gasteiger partial charge in [0.05, 0.1) is 17.1 Å². The third kappa shape index (κ3) is 4.30. The van der Waals surface area contributed by atoms with Gasteiger partial charge in [-0.15, -0.1) is 0 Å². The lowest BCUT2D eigenvalue weighted by atomic mass is 9.82. The fourth-order valence-electron chi connectivity index (χ4n) is 10.2. The highest BCUT2D eigenvalue weighted by atomic mass is 16.3. The van der Waals surface area contributed by atoms with Crippen molar-refractivity contribution in [1.82, 2.24) is 4.98 Å². The summed E-state index contributed by atoms with van der Waals surface area (Å²) in [6, 6.07) is 56.8. The molecule has 0 N–H and O–H groups in total. The topological polar surface area (TPSA) is 42.4 Å². The zero-order valence-corrected chi connectivity index (χ0v) is 32.2. The Labute approximate surface area is 330 Å². The fraction of sp³-hybridized carbons (Fsp3) is 0.113. The summed E-state index contributed by atoms with van der Waals surface area (Å²) < 4.78 is 13.6. The van der Waals surface area contributed by atoms with Crippen LogP contribution in [0.5, 0.6) is 0 Å². The van der Waals surface area contributed by atoms with E-state index in [9.17, 15) is 0 Å². The Morgan fingerprint density at radius 2 is 1.02 bits per heavy atom. The first-order valence-electron chi connectivity index (χ1n) is 19.8. The largest absolute Gasteiger partial charge is 0.454 e. The van der Waals surface area contributed by atoms with Crippen LogP contribution >= 0.6 is 0 Å². The van der Waals surface area contributed by atoms with Crippen LogP contribution in [0.15, 0.2) is 167 Å². The van der Waals surface area contributed by atoms with Crippen LogP contribution in [0.4, 0.5) is 17.1 Å². The zero-order chi connectivity index (χ0) is 38.2. The number of rotatable bonds is 4. The Morgan fingerprint density at radius 3 is 1.70 bits per heavy atom. The molecule has 0 amide bonds. The molecule has 0 atom stereocenters. The lowest BCUT2D eigenvalue weighted by Gasteiger charge is -2.32. The van der Waals surface area contributed by atoms with E-state index < -0.39 is 0 Å². The second kappa shape index (κ2) is 11.3. The molecule has 2 aromatic heterocycles. The van der Waals surface area contributed by atoms with Crippen molar-refractivity contribution >= 4 is 60.9 Å². The Morgan fingerprint density at radius 1 is 0.474 bits per heavy atom. The first kappa shape index (κ1) is 32.3. The van der Waals surface area contributed by atoms with Gasteiger partial charge in [0.25, 0.3) is 0 Å². The molecule has 2 aliphatic carbocycles. The fourth-order valence-corrected chi connectivity index (χ4v) is 10.2. The average molecular weight is 735 g/mol. The molecule has 0 unspecified atom stereocenters. The zero-order valence-electron chi connectivity index (χ0n) is 32.2. The number of hydrogen-bond acceptors (Lipinski definition) is 4. The second-order valence-electron chi connectivity index (χ2n) is 16.7. The van der Waals surface area contributed by atoms with Crippen molar-refractivity contribution in [2.24, 2.45) is 0 Å². The molecule has 2 heterocycles. The van der Waals surface area contributed by atoms with Crippen LogP contribution in [-0.4, -0.2) is 4.98 Å². The van der Waals surface area contributed by atoms with Gasteiger partial charge in [0.1, 0.15) is 11.1 Å². The smallest absolute Gasteiger partial charge is 0.228 e. The Kier molecular flexibility index (Phi) is 6.43. The maximum absolute atomic E-state index is 7.20. The van der Waals surface area contributed by atoms with Crippen molar-refractivity contribution in [2.75, 3.05) is 4.90 Å². The van der Waals surface area contributed by atoms with Gasteiger partial charge in [0, 0.05) is 43.7 Å². The van der Waals surface area contributed by atoms with Crippen molar-refractivity contribution in [3.63, 3.8) is 0 Å². The van der Waals surface area contributed by atoms with Crippen LogP contribution < -0.4 is 4.90 Å².